The Labute approximate surface area is 112 Å². The molecule has 1 aromatic heterocycles. The number of ether oxygens (including phenoxy) is 1. The van der Waals surface area contributed by atoms with Crippen LogP contribution in [0.25, 0.3) is 10.4 Å². The number of aryl methyl sites for hydroxylation is 2. The van der Waals surface area contributed by atoms with E-state index >= 15 is 0 Å². The molecule has 0 radical (unpaired) electrons. The second-order valence-electron chi connectivity index (χ2n) is 4.22. The van der Waals surface area contributed by atoms with Crippen LogP contribution in [0.4, 0.5) is 5.13 Å². The quantitative estimate of drug-likeness (QED) is 0.838. The molecule has 0 fully saturated rings. The number of nitrogens with one attached hydrogen (secondary N) is 1. The van der Waals surface area contributed by atoms with E-state index in [0.29, 0.717) is 6.61 Å². The molecule has 1 N–H and O–H groups in total. The van der Waals surface area contributed by atoms with Gasteiger partial charge in [0.2, 0.25) is 0 Å². The summed E-state index contributed by atoms with van der Waals surface area (Å²) >= 11 is 1.69. The van der Waals surface area contributed by atoms with E-state index in [4.69, 9.17) is 4.74 Å². The average molecular weight is 262 g/mol. The zero-order valence-electron chi connectivity index (χ0n) is 11.0. The van der Waals surface area contributed by atoms with E-state index in [1.54, 1.807) is 18.4 Å². The van der Waals surface area contributed by atoms with Crippen molar-refractivity contribution in [2.24, 2.45) is 0 Å². The Hall–Kier alpha value is -1.39. The number of methoxy groups -OCH3 is 1. The summed E-state index contributed by atoms with van der Waals surface area (Å²) in [5.74, 6) is 0. The van der Waals surface area contributed by atoms with Gasteiger partial charge in [0.1, 0.15) is 0 Å². The minimum atomic E-state index is 0.693. The molecule has 1 aromatic carbocycles. The number of nitrogens with zero attached hydrogens (tertiary/aromatic N) is 1. The molecule has 0 aliphatic heterocycles. The minimum Gasteiger partial charge on any atom is -0.383 e. The van der Waals surface area contributed by atoms with Crippen LogP contribution in [-0.2, 0) is 4.74 Å². The lowest BCUT2D eigenvalue weighted by atomic mass is 10.0. The van der Waals surface area contributed by atoms with Gasteiger partial charge in [0.15, 0.2) is 5.13 Å². The standard InChI is InChI=1S/C14H18N2OS/c1-10-5-4-6-11(2)13(10)12-9-16-14(18-12)15-7-8-17-3/h4-6,9H,7-8H2,1-3H3,(H,15,16). The lowest BCUT2D eigenvalue weighted by Gasteiger charge is -2.06. The molecule has 0 amide bonds. The summed E-state index contributed by atoms with van der Waals surface area (Å²) in [5.41, 5.74) is 3.89. The van der Waals surface area contributed by atoms with Crippen molar-refractivity contribution < 1.29 is 4.74 Å². The van der Waals surface area contributed by atoms with E-state index < -0.39 is 0 Å². The fourth-order valence-corrected chi connectivity index (χ4v) is 2.95. The van der Waals surface area contributed by atoms with E-state index in [0.717, 1.165) is 11.7 Å². The number of benzene rings is 1. The smallest absolute Gasteiger partial charge is 0.183 e. The second-order valence-corrected chi connectivity index (χ2v) is 5.25. The highest BCUT2D eigenvalue weighted by Crippen LogP contribution is 2.33. The van der Waals surface area contributed by atoms with Gasteiger partial charge in [-0.2, -0.15) is 0 Å². The molecular weight excluding hydrogens is 244 g/mol. The first-order valence-corrected chi connectivity index (χ1v) is 6.79. The Morgan fingerprint density at radius 1 is 1.28 bits per heavy atom. The SMILES string of the molecule is COCCNc1ncc(-c2c(C)cccc2C)s1. The van der Waals surface area contributed by atoms with Crippen molar-refractivity contribution in [3.63, 3.8) is 0 Å². The molecule has 0 aliphatic rings. The van der Waals surface area contributed by atoms with E-state index in [1.165, 1.54) is 21.6 Å². The molecule has 0 bridgehead atoms. The molecule has 0 atom stereocenters. The number of hydrogen-bond donors (Lipinski definition) is 1. The summed E-state index contributed by atoms with van der Waals surface area (Å²) < 4.78 is 5.01. The van der Waals surface area contributed by atoms with Crippen LogP contribution in [0.2, 0.25) is 0 Å². The van der Waals surface area contributed by atoms with Crippen LogP contribution in [0, 0.1) is 13.8 Å². The summed E-state index contributed by atoms with van der Waals surface area (Å²) in [7, 11) is 1.70. The first-order valence-electron chi connectivity index (χ1n) is 5.97. The maximum absolute atomic E-state index is 5.01. The summed E-state index contributed by atoms with van der Waals surface area (Å²) in [4.78, 5) is 5.61. The Morgan fingerprint density at radius 3 is 2.67 bits per heavy atom. The molecule has 0 spiro atoms. The highest BCUT2D eigenvalue weighted by molar-refractivity contribution is 7.18. The van der Waals surface area contributed by atoms with E-state index in [2.05, 4.69) is 42.3 Å². The molecule has 0 saturated heterocycles. The van der Waals surface area contributed by atoms with E-state index in [9.17, 15) is 0 Å². The minimum absolute atomic E-state index is 0.693. The van der Waals surface area contributed by atoms with Crippen LogP contribution in [0.1, 0.15) is 11.1 Å². The van der Waals surface area contributed by atoms with Gasteiger partial charge < -0.3 is 10.1 Å². The van der Waals surface area contributed by atoms with Crippen molar-refractivity contribution in [3.05, 3.63) is 35.5 Å². The highest BCUT2D eigenvalue weighted by atomic mass is 32.1. The van der Waals surface area contributed by atoms with Crippen molar-refractivity contribution >= 4 is 16.5 Å². The van der Waals surface area contributed by atoms with Crippen molar-refractivity contribution in [2.45, 2.75) is 13.8 Å². The van der Waals surface area contributed by atoms with Crippen LogP contribution < -0.4 is 5.32 Å². The number of aromatic nitrogens is 1. The number of rotatable bonds is 5. The van der Waals surface area contributed by atoms with Crippen LogP contribution in [0.3, 0.4) is 0 Å². The first kappa shape index (κ1) is 13.1. The molecule has 1 heterocycles. The van der Waals surface area contributed by atoms with Crippen LogP contribution in [0.5, 0.6) is 0 Å². The van der Waals surface area contributed by atoms with Crippen molar-refractivity contribution in [1.82, 2.24) is 4.98 Å². The monoisotopic (exact) mass is 262 g/mol. The zero-order valence-corrected chi connectivity index (χ0v) is 11.8. The van der Waals surface area contributed by atoms with Crippen LogP contribution in [0.15, 0.2) is 24.4 Å². The predicted molar refractivity (Wildman–Crippen MR) is 77.4 cm³/mol. The van der Waals surface area contributed by atoms with Gasteiger partial charge in [-0.1, -0.05) is 29.5 Å². The Bertz CT molecular complexity index is 502. The fourth-order valence-electron chi connectivity index (χ4n) is 1.93. The highest BCUT2D eigenvalue weighted by Gasteiger charge is 2.09. The fraction of sp³-hybridized carbons (Fsp3) is 0.357. The predicted octanol–water partition coefficient (Wildman–Crippen LogP) is 3.49. The molecule has 18 heavy (non-hydrogen) atoms. The number of thiazole rings is 1. The van der Waals surface area contributed by atoms with Crippen molar-refractivity contribution in [1.29, 1.82) is 0 Å². The normalized spacial score (nSPS) is 10.6. The van der Waals surface area contributed by atoms with Gasteiger partial charge in [0, 0.05) is 19.9 Å². The third kappa shape index (κ3) is 2.89. The lowest BCUT2D eigenvalue weighted by molar-refractivity contribution is 0.211. The van der Waals surface area contributed by atoms with Gasteiger partial charge in [-0.25, -0.2) is 4.98 Å². The average Bonchev–Trinajstić information content (AvgIpc) is 2.78. The third-order valence-corrected chi connectivity index (χ3v) is 3.79. The topological polar surface area (TPSA) is 34.1 Å². The molecule has 0 saturated carbocycles. The van der Waals surface area contributed by atoms with E-state index in [1.807, 2.05) is 6.20 Å². The third-order valence-electron chi connectivity index (χ3n) is 2.82. The molecule has 2 rings (SSSR count). The van der Waals surface area contributed by atoms with E-state index in [-0.39, 0.29) is 0 Å². The molecule has 2 aromatic rings. The zero-order chi connectivity index (χ0) is 13.0. The van der Waals surface area contributed by atoms with Gasteiger partial charge in [0.25, 0.3) is 0 Å². The van der Waals surface area contributed by atoms with Gasteiger partial charge >= 0.3 is 0 Å². The van der Waals surface area contributed by atoms with Gasteiger partial charge in [-0.15, -0.1) is 0 Å². The molecule has 96 valence electrons. The number of hydrogen-bond acceptors (Lipinski definition) is 4. The lowest BCUT2D eigenvalue weighted by Crippen LogP contribution is -2.06. The van der Waals surface area contributed by atoms with Crippen LogP contribution >= 0.6 is 11.3 Å². The van der Waals surface area contributed by atoms with Crippen molar-refractivity contribution in [3.8, 4) is 10.4 Å². The van der Waals surface area contributed by atoms with Gasteiger partial charge in [-0.3, -0.25) is 0 Å². The Balaban J connectivity index is 2.19. The second kappa shape index (κ2) is 5.98. The maximum Gasteiger partial charge on any atom is 0.183 e. The molecule has 0 aliphatic carbocycles. The van der Waals surface area contributed by atoms with Crippen LogP contribution in [-0.4, -0.2) is 25.2 Å². The van der Waals surface area contributed by atoms with Gasteiger partial charge in [-0.05, 0) is 30.5 Å². The summed E-state index contributed by atoms with van der Waals surface area (Å²) in [6.07, 6.45) is 1.94. The summed E-state index contributed by atoms with van der Waals surface area (Å²) in [6, 6.07) is 6.37. The maximum atomic E-state index is 5.01. The first-order chi connectivity index (χ1) is 8.72. The molecule has 4 heteroatoms. The largest absolute Gasteiger partial charge is 0.383 e. The van der Waals surface area contributed by atoms with Crippen molar-refractivity contribution in [2.75, 3.05) is 25.6 Å². The van der Waals surface area contributed by atoms with Gasteiger partial charge in [0.05, 0.1) is 11.5 Å². The summed E-state index contributed by atoms with van der Waals surface area (Å²) in [6.45, 7) is 5.76. The molecular formula is C14H18N2OS. The number of anilines is 1. The summed E-state index contributed by atoms with van der Waals surface area (Å²) in [5, 5.41) is 4.21. The molecule has 0 unspecified atom stereocenters. The molecule has 3 nitrogen and oxygen atoms in total. The Morgan fingerprint density at radius 2 is 2.00 bits per heavy atom. The Kier molecular flexibility index (Phi) is 4.33.